The van der Waals surface area contributed by atoms with Gasteiger partial charge in [0.1, 0.15) is 16.8 Å². The largest absolute Gasteiger partial charge is 0.340 e. The summed E-state index contributed by atoms with van der Waals surface area (Å²) in [6.07, 6.45) is 0.653. The first-order chi connectivity index (χ1) is 8.99. The number of benzene rings is 1. The molecule has 0 amide bonds. The van der Waals surface area contributed by atoms with Gasteiger partial charge in [0, 0.05) is 18.2 Å². The fourth-order valence-corrected chi connectivity index (χ4v) is 2.15. The van der Waals surface area contributed by atoms with Gasteiger partial charge in [-0.15, -0.1) is 0 Å². The summed E-state index contributed by atoms with van der Waals surface area (Å²) >= 11 is 17.3. The lowest BCUT2D eigenvalue weighted by Crippen LogP contribution is -2.00. The summed E-state index contributed by atoms with van der Waals surface area (Å²) in [6, 6.07) is 4.40. The standard InChI is InChI=1S/C12H9Cl3FN3/c1-2-10-18-9(15)5-11(19-10)17-6-3-7(13)12(16)8(14)4-6/h3-5H,2H2,1H3,(H,17,18,19). The first kappa shape index (κ1) is 14.3. The van der Waals surface area contributed by atoms with Crippen molar-refractivity contribution in [1.29, 1.82) is 0 Å². The third-order valence-electron chi connectivity index (χ3n) is 2.31. The molecule has 3 nitrogen and oxygen atoms in total. The van der Waals surface area contributed by atoms with E-state index in [4.69, 9.17) is 34.8 Å². The van der Waals surface area contributed by atoms with Crippen LogP contribution in [0.2, 0.25) is 15.2 Å². The number of aryl methyl sites for hydroxylation is 1. The van der Waals surface area contributed by atoms with Crippen molar-refractivity contribution in [2.75, 3.05) is 5.32 Å². The molecule has 1 aromatic carbocycles. The predicted octanol–water partition coefficient (Wildman–Crippen LogP) is 4.88. The van der Waals surface area contributed by atoms with Gasteiger partial charge in [-0.2, -0.15) is 0 Å². The maximum atomic E-state index is 13.3. The fourth-order valence-electron chi connectivity index (χ4n) is 1.46. The minimum Gasteiger partial charge on any atom is -0.340 e. The van der Waals surface area contributed by atoms with Crippen molar-refractivity contribution in [2.45, 2.75) is 13.3 Å². The average molecular weight is 321 g/mol. The summed E-state index contributed by atoms with van der Waals surface area (Å²) in [5.74, 6) is 0.453. The van der Waals surface area contributed by atoms with Crippen LogP contribution in [0.25, 0.3) is 0 Å². The molecule has 0 aliphatic carbocycles. The van der Waals surface area contributed by atoms with Crippen LogP contribution in [0.15, 0.2) is 18.2 Å². The van der Waals surface area contributed by atoms with E-state index in [2.05, 4.69) is 15.3 Å². The molecule has 2 aromatic rings. The average Bonchev–Trinajstić information content (AvgIpc) is 2.35. The zero-order valence-corrected chi connectivity index (χ0v) is 12.1. The number of aromatic nitrogens is 2. The lowest BCUT2D eigenvalue weighted by atomic mass is 10.3. The van der Waals surface area contributed by atoms with Crippen molar-refractivity contribution in [1.82, 2.24) is 9.97 Å². The monoisotopic (exact) mass is 319 g/mol. The fraction of sp³-hybridized carbons (Fsp3) is 0.167. The highest BCUT2D eigenvalue weighted by Crippen LogP contribution is 2.29. The van der Waals surface area contributed by atoms with Crippen LogP contribution >= 0.6 is 34.8 Å². The predicted molar refractivity (Wildman–Crippen MR) is 76.1 cm³/mol. The van der Waals surface area contributed by atoms with Crippen LogP contribution < -0.4 is 5.32 Å². The molecular formula is C12H9Cl3FN3. The molecule has 0 saturated carbocycles. The Balaban J connectivity index is 2.33. The number of hydrogen-bond donors (Lipinski definition) is 1. The number of nitrogens with one attached hydrogen (secondary N) is 1. The van der Waals surface area contributed by atoms with Crippen LogP contribution in [0.1, 0.15) is 12.7 Å². The molecule has 0 unspecified atom stereocenters. The van der Waals surface area contributed by atoms with Crippen molar-refractivity contribution in [3.05, 3.63) is 45.0 Å². The highest BCUT2D eigenvalue weighted by atomic mass is 35.5. The van der Waals surface area contributed by atoms with E-state index in [1.165, 1.54) is 12.1 Å². The van der Waals surface area contributed by atoms with Crippen LogP contribution in [0, 0.1) is 5.82 Å². The molecule has 1 heterocycles. The minimum absolute atomic E-state index is 0.0640. The molecular weight excluding hydrogens is 312 g/mol. The Bertz CT molecular complexity index is 596. The van der Waals surface area contributed by atoms with Crippen molar-refractivity contribution in [2.24, 2.45) is 0 Å². The number of halogens is 4. The molecule has 100 valence electrons. The van der Waals surface area contributed by atoms with E-state index in [1.807, 2.05) is 6.92 Å². The molecule has 19 heavy (non-hydrogen) atoms. The van der Waals surface area contributed by atoms with E-state index >= 15 is 0 Å². The van der Waals surface area contributed by atoms with E-state index in [0.29, 0.717) is 28.9 Å². The molecule has 0 bridgehead atoms. The van der Waals surface area contributed by atoms with Crippen LogP contribution in [0.3, 0.4) is 0 Å². The van der Waals surface area contributed by atoms with Crippen molar-refractivity contribution >= 4 is 46.3 Å². The molecule has 0 radical (unpaired) electrons. The Labute approximate surface area is 124 Å². The van der Waals surface area contributed by atoms with Crippen molar-refractivity contribution in [3.8, 4) is 0 Å². The van der Waals surface area contributed by atoms with Gasteiger partial charge in [0.15, 0.2) is 5.82 Å². The first-order valence-corrected chi connectivity index (χ1v) is 6.58. The van der Waals surface area contributed by atoms with E-state index in [9.17, 15) is 4.39 Å². The maximum Gasteiger partial charge on any atom is 0.160 e. The van der Waals surface area contributed by atoms with Gasteiger partial charge >= 0.3 is 0 Å². The summed E-state index contributed by atoms with van der Waals surface area (Å²) in [5, 5.41) is 3.16. The Morgan fingerprint density at radius 3 is 2.32 bits per heavy atom. The molecule has 1 N–H and O–H groups in total. The second-order valence-corrected chi connectivity index (χ2v) is 4.93. The summed E-state index contributed by atoms with van der Waals surface area (Å²) in [7, 11) is 0. The third kappa shape index (κ3) is 3.47. The van der Waals surface area contributed by atoms with E-state index in [-0.39, 0.29) is 10.0 Å². The third-order valence-corrected chi connectivity index (χ3v) is 3.06. The van der Waals surface area contributed by atoms with Crippen LogP contribution in [0.5, 0.6) is 0 Å². The van der Waals surface area contributed by atoms with E-state index in [0.717, 1.165) is 0 Å². The molecule has 1 aromatic heterocycles. The second kappa shape index (κ2) is 5.90. The zero-order valence-electron chi connectivity index (χ0n) is 9.85. The SMILES string of the molecule is CCc1nc(Cl)cc(Nc2cc(Cl)c(F)c(Cl)c2)n1. The van der Waals surface area contributed by atoms with Gasteiger partial charge in [0.2, 0.25) is 0 Å². The quantitative estimate of drug-likeness (QED) is 0.647. The molecule has 0 saturated heterocycles. The van der Waals surface area contributed by atoms with Gasteiger partial charge < -0.3 is 5.32 Å². The van der Waals surface area contributed by atoms with E-state index < -0.39 is 5.82 Å². The Morgan fingerprint density at radius 2 is 1.74 bits per heavy atom. The summed E-state index contributed by atoms with van der Waals surface area (Å²) in [5.41, 5.74) is 0.521. The van der Waals surface area contributed by atoms with Gasteiger partial charge in [-0.25, -0.2) is 14.4 Å². The summed E-state index contributed by atoms with van der Waals surface area (Å²) < 4.78 is 13.3. The van der Waals surface area contributed by atoms with E-state index in [1.54, 1.807) is 6.07 Å². The smallest absolute Gasteiger partial charge is 0.160 e. The highest BCUT2D eigenvalue weighted by molar-refractivity contribution is 6.35. The normalized spacial score (nSPS) is 10.6. The summed E-state index contributed by atoms with van der Waals surface area (Å²) in [4.78, 5) is 8.29. The zero-order chi connectivity index (χ0) is 14.0. The number of anilines is 2. The molecule has 0 spiro atoms. The molecule has 0 fully saturated rings. The first-order valence-electron chi connectivity index (χ1n) is 5.44. The van der Waals surface area contributed by atoms with Gasteiger partial charge in [-0.05, 0) is 12.1 Å². The van der Waals surface area contributed by atoms with Gasteiger partial charge in [0.05, 0.1) is 10.0 Å². The highest BCUT2D eigenvalue weighted by Gasteiger charge is 2.09. The van der Waals surface area contributed by atoms with Crippen LogP contribution in [-0.4, -0.2) is 9.97 Å². The van der Waals surface area contributed by atoms with Crippen molar-refractivity contribution < 1.29 is 4.39 Å². The molecule has 0 aliphatic heterocycles. The van der Waals surface area contributed by atoms with Gasteiger partial charge in [0.25, 0.3) is 0 Å². The van der Waals surface area contributed by atoms with Gasteiger partial charge in [-0.1, -0.05) is 41.7 Å². The topological polar surface area (TPSA) is 37.8 Å². The minimum atomic E-state index is -0.649. The maximum absolute atomic E-state index is 13.3. The number of rotatable bonds is 3. The Hall–Kier alpha value is -1.10. The number of hydrogen-bond acceptors (Lipinski definition) is 3. The molecule has 2 rings (SSSR count). The Kier molecular flexibility index (Phi) is 4.45. The second-order valence-electron chi connectivity index (χ2n) is 3.72. The van der Waals surface area contributed by atoms with Crippen LogP contribution in [-0.2, 0) is 6.42 Å². The molecule has 0 aliphatic rings. The van der Waals surface area contributed by atoms with Crippen LogP contribution in [0.4, 0.5) is 15.9 Å². The summed E-state index contributed by atoms with van der Waals surface area (Å²) in [6.45, 7) is 1.92. The Morgan fingerprint density at radius 1 is 1.11 bits per heavy atom. The molecule has 0 atom stereocenters. The van der Waals surface area contributed by atoms with Gasteiger partial charge in [-0.3, -0.25) is 0 Å². The lowest BCUT2D eigenvalue weighted by Gasteiger charge is -2.09. The lowest BCUT2D eigenvalue weighted by molar-refractivity contribution is 0.629. The molecule has 7 heteroatoms. The number of nitrogens with zero attached hydrogens (tertiary/aromatic N) is 2. The van der Waals surface area contributed by atoms with Crippen molar-refractivity contribution in [3.63, 3.8) is 0 Å².